The molecule has 19 heavy (non-hydrogen) atoms. The van der Waals surface area contributed by atoms with Gasteiger partial charge in [0.2, 0.25) is 0 Å². The third kappa shape index (κ3) is 2.37. The average molecular weight is 252 g/mol. The summed E-state index contributed by atoms with van der Waals surface area (Å²) < 4.78 is 0. The molecule has 1 aromatic heterocycles. The molecule has 2 aromatic rings. The van der Waals surface area contributed by atoms with E-state index in [0.717, 1.165) is 5.82 Å². The van der Waals surface area contributed by atoms with Gasteiger partial charge in [0.05, 0.1) is 11.6 Å². The fourth-order valence-electron chi connectivity index (χ4n) is 3.07. The van der Waals surface area contributed by atoms with E-state index >= 15 is 0 Å². The van der Waals surface area contributed by atoms with Crippen LogP contribution in [0.4, 0.5) is 0 Å². The van der Waals surface area contributed by atoms with Crippen molar-refractivity contribution < 1.29 is 0 Å². The first-order valence-electron chi connectivity index (χ1n) is 6.74. The molecule has 0 amide bonds. The van der Waals surface area contributed by atoms with Crippen LogP contribution in [0, 0.1) is 17.2 Å². The summed E-state index contributed by atoms with van der Waals surface area (Å²) in [5.41, 5.74) is 1.93. The van der Waals surface area contributed by atoms with Gasteiger partial charge in [0, 0.05) is 5.92 Å². The molecule has 1 aromatic carbocycles. The van der Waals surface area contributed by atoms with Crippen molar-refractivity contribution >= 4 is 0 Å². The monoisotopic (exact) mass is 252 g/mol. The Labute approximate surface area is 112 Å². The summed E-state index contributed by atoms with van der Waals surface area (Å²) in [6.45, 7) is 0. The van der Waals surface area contributed by atoms with Crippen molar-refractivity contribution in [3.05, 3.63) is 47.5 Å². The highest BCUT2D eigenvalue weighted by molar-refractivity contribution is 5.35. The normalized spacial score (nSPS) is 17.2. The Kier molecular flexibility index (Phi) is 3.28. The Hall–Kier alpha value is -2.15. The van der Waals surface area contributed by atoms with E-state index in [0.29, 0.717) is 11.5 Å². The summed E-state index contributed by atoms with van der Waals surface area (Å²) in [6, 6.07) is 10.0. The first-order chi connectivity index (χ1) is 9.38. The van der Waals surface area contributed by atoms with E-state index in [2.05, 4.69) is 21.3 Å². The molecule has 0 radical (unpaired) electrons. The first-order valence-corrected chi connectivity index (χ1v) is 6.74. The third-order valence-corrected chi connectivity index (χ3v) is 4.00. The molecule has 1 aliphatic carbocycles. The summed E-state index contributed by atoms with van der Waals surface area (Å²) in [5, 5.41) is 15.9. The predicted molar refractivity (Wildman–Crippen MR) is 71.3 cm³/mol. The molecule has 1 atom stereocenters. The summed E-state index contributed by atoms with van der Waals surface area (Å²) in [4.78, 5) is 4.35. The molecule has 4 heteroatoms. The number of nitrogens with one attached hydrogen (secondary N) is 1. The van der Waals surface area contributed by atoms with Crippen molar-refractivity contribution in [3.63, 3.8) is 0 Å². The maximum Gasteiger partial charge on any atom is 0.137 e. The van der Waals surface area contributed by atoms with E-state index in [1.54, 1.807) is 6.33 Å². The molecule has 4 nitrogen and oxygen atoms in total. The Bertz CT molecular complexity index is 559. The molecule has 0 aliphatic heterocycles. The number of H-pyrrole nitrogens is 1. The fraction of sp³-hybridized carbons (Fsp3) is 0.400. The second-order valence-electron chi connectivity index (χ2n) is 5.13. The molecular weight excluding hydrogens is 236 g/mol. The highest BCUT2D eigenvalue weighted by atomic mass is 15.2. The van der Waals surface area contributed by atoms with Crippen LogP contribution in [-0.4, -0.2) is 15.2 Å². The van der Waals surface area contributed by atoms with Crippen LogP contribution < -0.4 is 0 Å². The molecule has 1 fully saturated rings. The van der Waals surface area contributed by atoms with Gasteiger partial charge in [0.25, 0.3) is 0 Å². The van der Waals surface area contributed by atoms with Crippen molar-refractivity contribution in [3.8, 4) is 6.07 Å². The third-order valence-electron chi connectivity index (χ3n) is 4.00. The molecule has 0 spiro atoms. The van der Waals surface area contributed by atoms with Crippen LogP contribution in [0.15, 0.2) is 30.6 Å². The van der Waals surface area contributed by atoms with Gasteiger partial charge < -0.3 is 0 Å². The maximum atomic E-state index is 8.88. The lowest BCUT2D eigenvalue weighted by Crippen LogP contribution is -2.13. The van der Waals surface area contributed by atoms with Gasteiger partial charge in [-0.3, -0.25) is 5.10 Å². The van der Waals surface area contributed by atoms with Gasteiger partial charge >= 0.3 is 0 Å². The van der Waals surface area contributed by atoms with Crippen LogP contribution in [0.1, 0.15) is 48.6 Å². The zero-order valence-corrected chi connectivity index (χ0v) is 10.7. The predicted octanol–water partition coefficient (Wildman–Crippen LogP) is 3.00. The molecule has 0 saturated heterocycles. The number of hydrogen-bond donors (Lipinski definition) is 1. The van der Waals surface area contributed by atoms with Crippen LogP contribution in [0.3, 0.4) is 0 Å². The number of nitriles is 1. The maximum absolute atomic E-state index is 8.88. The van der Waals surface area contributed by atoms with E-state index in [-0.39, 0.29) is 5.92 Å². The second-order valence-corrected chi connectivity index (χ2v) is 5.13. The van der Waals surface area contributed by atoms with Crippen LogP contribution in [-0.2, 0) is 0 Å². The number of nitrogens with zero attached hydrogens (tertiary/aromatic N) is 3. The van der Waals surface area contributed by atoms with E-state index in [1.165, 1.54) is 31.2 Å². The standard InChI is InChI=1S/C15H16N4/c16-9-11-5-7-13(8-6-11)14(12-3-1-2-4-12)15-17-10-18-19-15/h5-8,10,12,14H,1-4H2,(H,17,18,19). The Balaban J connectivity index is 1.96. The minimum Gasteiger partial charge on any atom is -0.263 e. The zero-order chi connectivity index (χ0) is 13.1. The molecule has 1 N–H and O–H groups in total. The number of benzene rings is 1. The lowest BCUT2D eigenvalue weighted by Gasteiger charge is -2.21. The molecule has 1 aliphatic rings. The molecule has 1 saturated carbocycles. The van der Waals surface area contributed by atoms with Crippen molar-refractivity contribution in [2.75, 3.05) is 0 Å². The molecule has 3 rings (SSSR count). The Morgan fingerprint density at radius 2 is 1.95 bits per heavy atom. The van der Waals surface area contributed by atoms with E-state index in [1.807, 2.05) is 24.3 Å². The summed E-state index contributed by atoms with van der Waals surface area (Å²) in [7, 11) is 0. The highest BCUT2D eigenvalue weighted by Crippen LogP contribution is 2.40. The van der Waals surface area contributed by atoms with Crippen molar-refractivity contribution in [1.29, 1.82) is 5.26 Å². The van der Waals surface area contributed by atoms with Crippen molar-refractivity contribution in [1.82, 2.24) is 15.2 Å². The van der Waals surface area contributed by atoms with E-state index in [9.17, 15) is 0 Å². The molecule has 0 bridgehead atoms. The van der Waals surface area contributed by atoms with E-state index < -0.39 is 0 Å². The number of rotatable bonds is 3. The minimum absolute atomic E-state index is 0.276. The molecular formula is C15H16N4. The Morgan fingerprint density at radius 3 is 2.53 bits per heavy atom. The van der Waals surface area contributed by atoms with Gasteiger partial charge in [0.15, 0.2) is 0 Å². The van der Waals surface area contributed by atoms with E-state index in [4.69, 9.17) is 5.26 Å². The molecule has 96 valence electrons. The van der Waals surface area contributed by atoms with Gasteiger partial charge in [-0.2, -0.15) is 10.4 Å². The van der Waals surface area contributed by atoms with Crippen LogP contribution >= 0.6 is 0 Å². The van der Waals surface area contributed by atoms with Gasteiger partial charge in [-0.15, -0.1) is 0 Å². The Morgan fingerprint density at radius 1 is 1.21 bits per heavy atom. The number of aromatic amines is 1. The molecule has 1 unspecified atom stereocenters. The van der Waals surface area contributed by atoms with Gasteiger partial charge in [-0.1, -0.05) is 25.0 Å². The second kappa shape index (κ2) is 5.23. The number of aromatic nitrogens is 3. The lowest BCUT2D eigenvalue weighted by molar-refractivity contribution is 0.467. The molecule has 1 heterocycles. The van der Waals surface area contributed by atoms with Crippen molar-refractivity contribution in [2.45, 2.75) is 31.6 Å². The van der Waals surface area contributed by atoms with Gasteiger partial charge in [0.1, 0.15) is 12.2 Å². The lowest BCUT2D eigenvalue weighted by atomic mass is 9.84. The van der Waals surface area contributed by atoms with Crippen LogP contribution in [0.5, 0.6) is 0 Å². The van der Waals surface area contributed by atoms with Gasteiger partial charge in [-0.05, 0) is 36.5 Å². The minimum atomic E-state index is 0.276. The highest BCUT2D eigenvalue weighted by Gasteiger charge is 2.29. The average Bonchev–Trinajstić information content (AvgIpc) is 3.13. The topological polar surface area (TPSA) is 65.4 Å². The fourth-order valence-corrected chi connectivity index (χ4v) is 3.07. The van der Waals surface area contributed by atoms with Crippen LogP contribution in [0.2, 0.25) is 0 Å². The van der Waals surface area contributed by atoms with Crippen molar-refractivity contribution in [2.24, 2.45) is 5.92 Å². The van der Waals surface area contributed by atoms with Crippen LogP contribution in [0.25, 0.3) is 0 Å². The quantitative estimate of drug-likeness (QED) is 0.913. The van der Waals surface area contributed by atoms with Gasteiger partial charge in [-0.25, -0.2) is 4.98 Å². The first kappa shape index (κ1) is 11.9. The summed E-state index contributed by atoms with van der Waals surface area (Å²) in [6.07, 6.45) is 6.65. The number of hydrogen-bond acceptors (Lipinski definition) is 3. The SMILES string of the molecule is N#Cc1ccc(C(c2ncn[nH]2)C2CCCC2)cc1. The summed E-state index contributed by atoms with van der Waals surface area (Å²) >= 11 is 0. The largest absolute Gasteiger partial charge is 0.263 e. The smallest absolute Gasteiger partial charge is 0.137 e. The summed E-state index contributed by atoms with van der Waals surface area (Å²) in [5.74, 6) is 1.84. The zero-order valence-electron chi connectivity index (χ0n) is 10.7.